The van der Waals surface area contributed by atoms with Gasteiger partial charge in [0.05, 0.1) is 12.1 Å². The molecule has 0 aromatic heterocycles. The van der Waals surface area contributed by atoms with E-state index in [1.807, 2.05) is 0 Å². The molecule has 8 rings (SSSR count). The van der Waals surface area contributed by atoms with Gasteiger partial charge in [0.1, 0.15) is 0 Å². The first-order chi connectivity index (χ1) is 21.8. The van der Waals surface area contributed by atoms with Gasteiger partial charge in [-0.3, -0.25) is 0 Å². The highest BCUT2D eigenvalue weighted by Crippen LogP contribution is 2.49. The highest BCUT2D eigenvalue weighted by molar-refractivity contribution is 5.93. The maximum Gasteiger partial charge on any atom is 0.0653 e. The van der Waals surface area contributed by atoms with Crippen LogP contribution in [0.2, 0.25) is 0 Å². The zero-order chi connectivity index (χ0) is 29.3. The van der Waals surface area contributed by atoms with Crippen molar-refractivity contribution < 1.29 is 0 Å². The molecule has 0 N–H and O–H groups in total. The van der Waals surface area contributed by atoms with Crippen LogP contribution in [0.25, 0.3) is 5.57 Å². The molecule has 0 saturated heterocycles. The minimum Gasteiger partial charge on any atom is -0.338 e. The van der Waals surface area contributed by atoms with E-state index in [9.17, 15) is 0 Å². The van der Waals surface area contributed by atoms with Crippen LogP contribution in [0.5, 0.6) is 0 Å². The first-order valence-electron chi connectivity index (χ1n) is 16.4. The topological polar surface area (TPSA) is 6.48 Å². The van der Waals surface area contributed by atoms with E-state index in [1.165, 1.54) is 51.5 Å². The number of fused-ring (bicyclic) bond motifs is 3. The van der Waals surface area contributed by atoms with Crippen molar-refractivity contribution in [2.24, 2.45) is 11.8 Å². The fraction of sp³-hybridized carbons (Fsp3) is 0.238. The average Bonchev–Trinajstić information content (AvgIpc) is 3.44. The number of para-hydroxylation sites is 2. The molecule has 0 bridgehead atoms. The van der Waals surface area contributed by atoms with E-state index in [0.717, 1.165) is 32.1 Å². The number of nitrogens with zero attached hydrogens (tertiary/aromatic N) is 2. The Labute approximate surface area is 262 Å². The largest absolute Gasteiger partial charge is 0.338 e. The lowest BCUT2D eigenvalue weighted by atomic mass is 9.85. The summed E-state index contributed by atoms with van der Waals surface area (Å²) in [6.07, 6.45) is 42.1. The summed E-state index contributed by atoms with van der Waals surface area (Å²) in [5.74, 6) is 0.967. The Kier molecular flexibility index (Phi) is 7.28. The van der Waals surface area contributed by atoms with E-state index in [1.54, 1.807) is 0 Å². The second kappa shape index (κ2) is 11.8. The summed E-state index contributed by atoms with van der Waals surface area (Å²) in [4.78, 5) is 5.21. The zero-order valence-electron chi connectivity index (χ0n) is 25.3. The molecular formula is C42H40N2. The first-order valence-corrected chi connectivity index (χ1v) is 16.4. The van der Waals surface area contributed by atoms with Crippen LogP contribution in [0.4, 0.5) is 11.4 Å². The summed E-state index contributed by atoms with van der Waals surface area (Å²) in [7, 11) is 0. The second-order valence-electron chi connectivity index (χ2n) is 12.6. The average molecular weight is 573 g/mol. The van der Waals surface area contributed by atoms with Gasteiger partial charge in [-0.15, -0.1) is 0 Å². The first kappa shape index (κ1) is 27.0. The smallest absolute Gasteiger partial charge is 0.0653 e. The molecular weight excluding hydrogens is 532 g/mol. The molecule has 1 aliphatic heterocycles. The summed E-state index contributed by atoms with van der Waals surface area (Å²) in [5, 5.41) is 0. The third kappa shape index (κ3) is 5.03. The number of benzene rings is 2. The van der Waals surface area contributed by atoms with E-state index in [4.69, 9.17) is 0 Å². The van der Waals surface area contributed by atoms with Gasteiger partial charge in [0, 0.05) is 46.6 Å². The van der Waals surface area contributed by atoms with Crippen molar-refractivity contribution in [2.75, 3.05) is 4.90 Å². The van der Waals surface area contributed by atoms with Crippen LogP contribution in [0.1, 0.15) is 44.1 Å². The molecule has 6 aliphatic rings. The molecule has 2 nitrogen and oxygen atoms in total. The Bertz CT molecular complexity index is 1730. The zero-order valence-corrected chi connectivity index (χ0v) is 25.3. The number of anilines is 2. The standard InChI is InChI=1S/C42H40N2/c1-4-12-31(13-5-1)33-20-24-36(25-21-33)43(37-26-22-34(23-27-37)32-14-6-2-7-15-32)38-28-29-40-39-18-10-11-19-41(39)44(42(40)30-38)35-16-8-3-9-17-35/h1,3-6,8-12,14-22,24,26-29,31,34,36,42H,2,7,13,23,25,30H2. The summed E-state index contributed by atoms with van der Waals surface area (Å²) in [6.45, 7) is 0. The van der Waals surface area contributed by atoms with Gasteiger partial charge in [-0.05, 0) is 79.2 Å². The van der Waals surface area contributed by atoms with Gasteiger partial charge in [0.25, 0.3) is 0 Å². The normalized spacial score (nSPS) is 26.7. The monoisotopic (exact) mass is 572 g/mol. The predicted octanol–water partition coefficient (Wildman–Crippen LogP) is 10.3. The van der Waals surface area contributed by atoms with Crippen LogP contribution >= 0.6 is 0 Å². The van der Waals surface area contributed by atoms with Crippen LogP contribution in [0, 0.1) is 11.8 Å². The molecule has 2 heteroatoms. The fourth-order valence-electron chi connectivity index (χ4n) is 7.79. The fourth-order valence-corrected chi connectivity index (χ4v) is 7.79. The van der Waals surface area contributed by atoms with Gasteiger partial charge in [-0.2, -0.15) is 0 Å². The molecule has 44 heavy (non-hydrogen) atoms. The molecule has 0 radical (unpaired) electrons. The molecule has 2 aromatic carbocycles. The van der Waals surface area contributed by atoms with Gasteiger partial charge >= 0.3 is 0 Å². The molecule has 218 valence electrons. The molecule has 5 aliphatic carbocycles. The lowest BCUT2D eigenvalue weighted by Crippen LogP contribution is -2.38. The van der Waals surface area contributed by atoms with Gasteiger partial charge in [0.2, 0.25) is 0 Å². The summed E-state index contributed by atoms with van der Waals surface area (Å²) >= 11 is 0. The SMILES string of the molecule is C1=CCC(C2=CCC(N(C3=CCC(C4=CCCC=C4)C=C3)C3=CC=C4c5ccccc5N(c5ccccc5)C4C3)C=C2)C=C1. The van der Waals surface area contributed by atoms with E-state index in [0.29, 0.717) is 17.9 Å². The van der Waals surface area contributed by atoms with Gasteiger partial charge in [-0.1, -0.05) is 115 Å². The Morgan fingerprint density at radius 1 is 0.659 bits per heavy atom. The molecule has 0 saturated carbocycles. The molecule has 4 unspecified atom stereocenters. The van der Waals surface area contributed by atoms with Crippen molar-refractivity contribution in [1.82, 2.24) is 4.90 Å². The van der Waals surface area contributed by atoms with Crippen molar-refractivity contribution in [2.45, 2.75) is 50.6 Å². The molecule has 1 heterocycles. The van der Waals surface area contributed by atoms with Gasteiger partial charge in [0.15, 0.2) is 0 Å². The maximum atomic E-state index is 2.65. The molecule has 0 spiro atoms. The van der Waals surface area contributed by atoms with Crippen molar-refractivity contribution >= 4 is 16.9 Å². The molecule has 4 atom stereocenters. The quantitative estimate of drug-likeness (QED) is 0.340. The van der Waals surface area contributed by atoms with Crippen LogP contribution in [0.15, 0.2) is 168 Å². The van der Waals surface area contributed by atoms with E-state index in [-0.39, 0.29) is 6.04 Å². The predicted molar refractivity (Wildman–Crippen MR) is 185 cm³/mol. The van der Waals surface area contributed by atoms with Crippen molar-refractivity contribution in [3.63, 3.8) is 0 Å². The molecule has 0 fully saturated rings. The summed E-state index contributed by atoms with van der Waals surface area (Å²) in [6, 6.07) is 20.4. The van der Waals surface area contributed by atoms with Crippen LogP contribution in [-0.2, 0) is 0 Å². The Hall–Kier alpha value is -4.56. The lowest BCUT2D eigenvalue weighted by molar-refractivity contribution is 0.350. The number of hydrogen-bond donors (Lipinski definition) is 0. The van der Waals surface area contributed by atoms with E-state index < -0.39 is 0 Å². The maximum absolute atomic E-state index is 2.65. The minimum absolute atomic E-state index is 0.272. The van der Waals surface area contributed by atoms with Crippen LogP contribution in [0.3, 0.4) is 0 Å². The third-order valence-electron chi connectivity index (χ3n) is 10.0. The molecule has 2 aromatic rings. The van der Waals surface area contributed by atoms with Crippen LogP contribution < -0.4 is 4.90 Å². The van der Waals surface area contributed by atoms with Gasteiger partial charge < -0.3 is 9.80 Å². The highest BCUT2D eigenvalue weighted by atomic mass is 15.2. The van der Waals surface area contributed by atoms with Crippen molar-refractivity contribution in [1.29, 1.82) is 0 Å². The van der Waals surface area contributed by atoms with Crippen LogP contribution in [-0.4, -0.2) is 17.0 Å². The van der Waals surface area contributed by atoms with Gasteiger partial charge in [-0.25, -0.2) is 0 Å². The molecule has 0 amide bonds. The Morgan fingerprint density at radius 2 is 1.52 bits per heavy atom. The number of hydrogen-bond acceptors (Lipinski definition) is 2. The third-order valence-corrected chi connectivity index (χ3v) is 10.0. The van der Waals surface area contributed by atoms with E-state index in [2.05, 4.69) is 156 Å². The second-order valence-corrected chi connectivity index (χ2v) is 12.6. The Balaban J connectivity index is 1.13. The Morgan fingerprint density at radius 3 is 2.30 bits per heavy atom. The number of allylic oxidation sites excluding steroid dienone is 15. The summed E-state index contributed by atoms with van der Waals surface area (Å²) in [5.41, 5.74) is 11.0. The number of rotatable bonds is 6. The highest BCUT2D eigenvalue weighted by Gasteiger charge is 2.38. The lowest BCUT2D eigenvalue weighted by Gasteiger charge is -2.40. The van der Waals surface area contributed by atoms with Crippen molar-refractivity contribution in [3.8, 4) is 0 Å². The van der Waals surface area contributed by atoms with Crippen molar-refractivity contribution in [3.05, 3.63) is 174 Å². The van der Waals surface area contributed by atoms with E-state index >= 15 is 0 Å². The minimum atomic E-state index is 0.272. The summed E-state index contributed by atoms with van der Waals surface area (Å²) < 4.78 is 0.